The number of nitrogens with one attached hydrogen (secondary N) is 7. The van der Waals surface area contributed by atoms with Crippen LogP contribution in [0.5, 0.6) is 0 Å². The lowest BCUT2D eigenvalue weighted by molar-refractivity contribution is 0.0942. The smallest absolute Gasteiger partial charge is 0.272 e. The van der Waals surface area contributed by atoms with E-state index in [2.05, 4.69) is 36.2 Å². The molecule has 6 rings (SSSR count). The van der Waals surface area contributed by atoms with Gasteiger partial charge in [-0.15, -0.1) is 0 Å². The van der Waals surface area contributed by atoms with E-state index < -0.39 is 0 Å². The molecule has 0 atom stereocenters. The number of anilines is 2. The molecule has 0 fully saturated rings. The molecule has 0 spiro atoms. The zero-order valence-electron chi connectivity index (χ0n) is 24.0. The molecule has 4 amide bonds. The van der Waals surface area contributed by atoms with Crippen LogP contribution in [0, 0.1) is 0 Å². The Hall–Kier alpha value is -5.92. The molecule has 0 saturated heterocycles. The van der Waals surface area contributed by atoms with Crippen LogP contribution in [0.2, 0.25) is 0 Å². The first-order valence-corrected chi connectivity index (χ1v) is 14.3. The third-order valence-corrected chi connectivity index (χ3v) is 7.23. The first-order chi connectivity index (χ1) is 21.8. The number of benzene rings is 3. The minimum atomic E-state index is -0.358. The lowest BCUT2D eigenvalue weighted by Crippen LogP contribution is -2.29. The summed E-state index contributed by atoms with van der Waals surface area (Å²) in [6.45, 7) is 1.43. The Labute approximate surface area is 256 Å². The van der Waals surface area contributed by atoms with Gasteiger partial charge in [0.1, 0.15) is 17.1 Å². The van der Waals surface area contributed by atoms with Crippen LogP contribution in [-0.4, -0.2) is 64.8 Å². The van der Waals surface area contributed by atoms with E-state index >= 15 is 0 Å². The molecular formula is C32H31N9O4. The summed E-state index contributed by atoms with van der Waals surface area (Å²) in [5.41, 5.74) is 15.8. The second kappa shape index (κ2) is 12.4. The molecular weight excluding hydrogens is 574 g/mol. The van der Waals surface area contributed by atoms with Crippen molar-refractivity contribution in [3.63, 3.8) is 0 Å². The lowest BCUT2D eigenvalue weighted by atomic mass is 10.1. The van der Waals surface area contributed by atoms with E-state index in [9.17, 15) is 19.2 Å². The highest BCUT2D eigenvalue weighted by Crippen LogP contribution is 2.24. The summed E-state index contributed by atoms with van der Waals surface area (Å²) >= 11 is 0. The fraction of sp³-hybridized carbons (Fsp3) is 0.125. The summed E-state index contributed by atoms with van der Waals surface area (Å²) in [6.07, 6.45) is 0. The van der Waals surface area contributed by atoms with E-state index in [1.165, 1.54) is 0 Å². The van der Waals surface area contributed by atoms with E-state index in [0.29, 0.717) is 71.1 Å². The predicted molar refractivity (Wildman–Crippen MR) is 174 cm³/mol. The van der Waals surface area contributed by atoms with Gasteiger partial charge in [-0.05, 0) is 72.8 Å². The van der Waals surface area contributed by atoms with Gasteiger partial charge in [-0.1, -0.05) is 0 Å². The number of hydrogen-bond acceptors (Lipinski definition) is 6. The number of aromatic nitrogens is 3. The number of H-pyrrole nitrogens is 3. The molecule has 0 unspecified atom stereocenters. The van der Waals surface area contributed by atoms with Gasteiger partial charge in [-0.2, -0.15) is 0 Å². The van der Waals surface area contributed by atoms with Crippen LogP contribution < -0.4 is 32.7 Å². The molecule has 0 saturated carbocycles. The zero-order chi connectivity index (χ0) is 31.5. The Morgan fingerprint density at radius 2 is 0.933 bits per heavy atom. The number of fused-ring (bicyclic) bond motifs is 3. The van der Waals surface area contributed by atoms with Gasteiger partial charge in [0.05, 0.1) is 0 Å². The predicted octanol–water partition coefficient (Wildman–Crippen LogP) is 3.01. The van der Waals surface area contributed by atoms with E-state index in [0.717, 1.165) is 21.8 Å². The van der Waals surface area contributed by atoms with Crippen LogP contribution in [-0.2, 0) is 0 Å². The topological polar surface area (TPSA) is 216 Å². The van der Waals surface area contributed by atoms with Crippen molar-refractivity contribution in [3.05, 3.63) is 95.4 Å². The second-order valence-corrected chi connectivity index (χ2v) is 10.5. The van der Waals surface area contributed by atoms with Gasteiger partial charge in [0.25, 0.3) is 23.6 Å². The Morgan fingerprint density at radius 1 is 0.511 bits per heavy atom. The highest BCUT2D eigenvalue weighted by molar-refractivity contribution is 6.10. The summed E-state index contributed by atoms with van der Waals surface area (Å²) in [6, 6.07) is 20.8. The Balaban J connectivity index is 1.13. The fourth-order valence-electron chi connectivity index (χ4n) is 5.03. The molecule has 228 valence electrons. The monoisotopic (exact) mass is 605 g/mol. The summed E-state index contributed by atoms with van der Waals surface area (Å²) in [5, 5.41) is 13.4. The highest BCUT2D eigenvalue weighted by atomic mass is 16.2. The van der Waals surface area contributed by atoms with Crippen LogP contribution >= 0.6 is 0 Å². The van der Waals surface area contributed by atoms with Gasteiger partial charge in [-0.3, -0.25) is 19.2 Å². The number of rotatable bonds is 10. The summed E-state index contributed by atoms with van der Waals surface area (Å²) in [4.78, 5) is 59.9. The van der Waals surface area contributed by atoms with E-state index in [4.69, 9.17) is 11.5 Å². The molecule has 13 nitrogen and oxygen atoms in total. The van der Waals surface area contributed by atoms with Crippen LogP contribution in [0.25, 0.3) is 32.7 Å². The van der Waals surface area contributed by atoms with Crippen molar-refractivity contribution in [2.24, 2.45) is 11.5 Å². The Morgan fingerprint density at radius 3 is 1.42 bits per heavy atom. The van der Waals surface area contributed by atoms with E-state index in [1.807, 2.05) is 0 Å². The van der Waals surface area contributed by atoms with Gasteiger partial charge in [0.15, 0.2) is 0 Å². The average molecular weight is 606 g/mol. The molecule has 0 radical (unpaired) electrons. The van der Waals surface area contributed by atoms with Crippen molar-refractivity contribution >= 4 is 67.7 Å². The van der Waals surface area contributed by atoms with Crippen molar-refractivity contribution in [1.82, 2.24) is 25.6 Å². The lowest BCUT2D eigenvalue weighted by Gasteiger charge is -2.05. The minimum absolute atomic E-state index is 0.254. The highest BCUT2D eigenvalue weighted by Gasteiger charge is 2.15. The number of amides is 4. The number of carbonyl (C=O) groups excluding carboxylic acids is 4. The SMILES string of the molecule is NCCNC(=O)c1cc2cc(NC(=O)c3ccc4[nH]c(C(=O)Nc5ccc6[nH]c(C(=O)NCCN)cc6c5)cc4c3)ccc2[nH]1. The molecule has 3 aromatic carbocycles. The van der Waals surface area contributed by atoms with Gasteiger partial charge in [0.2, 0.25) is 0 Å². The standard InChI is InChI=1S/C32H31N9O4/c33-7-9-35-30(43)26-15-19-12-21(2-5-24(19)39-26)37-29(42)17-1-4-23-18(11-17)14-28(41-23)32(45)38-22-3-6-25-20(13-22)16-27(40-25)31(44)36-10-8-34/h1-6,11-16,39-41H,7-10,33-34H2,(H,35,43)(H,36,44)(H,37,42)(H,38,45). The van der Waals surface area contributed by atoms with Crippen LogP contribution in [0.15, 0.2) is 72.8 Å². The minimum Gasteiger partial charge on any atom is -0.351 e. The molecule has 0 aliphatic heterocycles. The van der Waals surface area contributed by atoms with Crippen molar-refractivity contribution in [1.29, 1.82) is 0 Å². The summed E-state index contributed by atoms with van der Waals surface area (Å²) in [7, 11) is 0. The first-order valence-electron chi connectivity index (χ1n) is 14.3. The molecule has 3 heterocycles. The molecule has 6 aromatic rings. The van der Waals surface area contributed by atoms with Crippen molar-refractivity contribution < 1.29 is 19.2 Å². The van der Waals surface area contributed by atoms with Crippen LogP contribution in [0.4, 0.5) is 11.4 Å². The van der Waals surface area contributed by atoms with Crippen LogP contribution in [0.1, 0.15) is 41.8 Å². The molecule has 45 heavy (non-hydrogen) atoms. The number of hydrogen-bond donors (Lipinski definition) is 9. The molecule has 0 bridgehead atoms. The largest absolute Gasteiger partial charge is 0.351 e. The summed E-state index contributed by atoms with van der Waals surface area (Å²) in [5.74, 6) is -1.19. The van der Waals surface area contributed by atoms with Gasteiger partial charge in [0, 0.05) is 75.8 Å². The number of aromatic amines is 3. The van der Waals surface area contributed by atoms with Gasteiger partial charge >= 0.3 is 0 Å². The second-order valence-electron chi connectivity index (χ2n) is 10.5. The quantitative estimate of drug-likeness (QED) is 0.114. The Kier molecular flexibility index (Phi) is 8.01. The molecule has 0 aliphatic rings. The van der Waals surface area contributed by atoms with Crippen LogP contribution in [0.3, 0.4) is 0 Å². The van der Waals surface area contributed by atoms with Crippen molar-refractivity contribution in [2.45, 2.75) is 0 Å². The van der Waals surface area contributed by atoms with E-state index in [-0.39, 0.29) is 23.6 Å². The first kappa shape index (κ1) is 29.2. The third-order valence-electron chi connectivity index (χ3n) is 7.23. The average Bonchev–Trinajstić information content (AvgIpc) is 3.78. The van der Waals surface area contributed by atoms with Crippen molar-refractivity contribution in [2.75, 3.05) is 36.8 Å². The maximum Gasteiger partial charge on any atom is 0.272 e. The molecule has 11 N–H and O–H groups in total. The van der Waals surface area contributed by atoms with Gasteiger partial charge < -0.3 is 47.7 Å². The number of nitrogens with two attached hydrogens (primary N) is 2. The van der Waals surface area contributed by atoms with E-state index in [1.54, 1.807) is 72.8 Å². The summed E-state index contributed by atoms with van der Waals surface area (Å²) < 4.78 is 0. The van der Waals surface area contributed by atoms with Crippen molar-refractivity contribution in [3.8, 4) is 0 Å². The normalized spacial score (nSPS) is 11.2. The fourth-order valence-corrected chi connectivity index (χ4v) is 5.03. The van der Waals surface area contributed by atoms with Gasteiger partial charge in [-0.25, -0.2) is 0 Å². The Bertz CT molecular complexity index is 1980. The molecule has 13 heteroatoms. The maximum atomic E-state index is 13.1. The third kappa shape index (κ3) is 6.25. The molecule has 3 aromatic heterocycles. The number of carbonyl (C=O) groups is 4. The molecule has 0 aliphatic carbocycles. The maximum absolute atomic E-state index is 13.1. The zero-order valence-corrected chi connectivity index (χ0v) is 24.0.